The second kappa shape index (κ2) is 8.70. The van der Waals surface area contributed by atoms with Gasteiger partial charge in [0, 0.05) is 18.0 Å². The van der Waals surface area contributed by atoms with E-state index in [9.17, 15) is 14.4 Å². The van der Waals surface area contributed by atoms with Gasteiger partial charge in [-0.3, -0.25) is 9.59 Å². The lowest BCUT2D eigenvalue weighted by Gasteiger charge is -2.36. The van der Waals surface area contributed by atoms with E-state index in [0.29, 0.717) is 12.8 Å². The number of amides is 2. The standard InChI is InChI=1S/C28H30N2O5/c31-26(29-18-12-17(13-18)27(32)33)24-15-9-10-16(11-15)25(24)30-28(34)35-14-23-21-7-3-1-5-19(21)20-6-2-4-8-22(20)23/h1-8,15-18,23-25H,9-14H2,(H,29,31)(H,30,34)(H,32,33). The van der Waals surface area contributed by atoms with Gasteiger partial charge in [-0.15, -0.1) is 0 Å². The van der Waals surface area contributed by atoms with Gasteiger partial charge in [0.1, 0.15) is 6.61 Å². The summed E-state index contributed by atoms with van der Waals surface area (Å²) in [6.45, 7) is 0.246. The van der Waals surface area contributed by atoms with Crippen LogP contribution >= 0.6 is 0 Å². The fraction of sp³-hybridized carbons (Fsp3) is 0.464. The minimum Gasteiger partial charge on any atom is -0.481 e. The molecule has 7 heteroatoms. The van der Waals surface area contributed by atoms with Gasteiger partial charge in [-0.2, -0.15) is 0 Å². The van der Waals surface area contributed by atoms with Crippen molar-refractivity contribution in [1.82, 2.24) is 10.6 Å². The number of hydrogen-bond acceptors (Lipinski definition) is 4. The molecule has 0 heterocycles. The Morgan fingerprint density at radius 3 is 2.14 bits per heavy atom. The van der Waals surface area contributed by atoms with Gasteiger partial charge in [0.25, 0.3) is 0 Å². The fourth-order valence-corrected chi connectivity index (χ4v) is 6.89. The number of carboxylic acid groups (broad SMARTS) is 1. The average Bonchev–Trinajstić information content (AvgIpc) is 3.51. The van der Waals surface area contributed by atoms with Crippen LogP contribution in [0.4, 0.5) is 4.79 Å². The molecule has 6 rings (SSSR count). The van der Waals surface area contributed by atoms with E-state index in [1.165, 1.54) is 22.3 Å². The molecule has 0 aliphatic heterocycles. The van der Waals surface area contributed by atoms with Crippen LogP contribution in [0.1, 0.15) is 49.1 Å². The molecule has 3 fully saturated rings. The van der Waals surface area contributed by atoms with E-state index in [0.717, 1.165) is 19.3 Å². The van der Waals surface area contributed by atoms with Gasteiger partial charge < -0.3 is 20.5 Å². The van der Waals surface area contributed by atoms with Crippen LogP contribution in [0.5, 0.6) is 0 Å². The number of carbonyl (C=O) groups is 3. The van der Waals surface area contributed by atoms with E-state index < -0.39 is 12.1 Å². The van der Waals surface area contributed by atoms with Gasteiger partial charge in [0.05, 0.1) is 11.8 Å². The molecule has 2 aromatic carbocycles. The molecule has 4 aliphatic rings. The van der Waals surface area contributed by atoms with Crippen LogP contribution < -0.4 is 10.6 Å². The maximum absolute atomic E-state index is 13.1. The van der Waals surface area contributed by atoms with Crippen LogP contribution in [0.25, 0.3) is 11.1 Å². The number of carbonyl (C=O) groups excluding carboxylic acids is 2. The Morgan fingerprint density at radius 2 is 1.49 bits per heavy atom. The van der Waals surface area contributed by atoms with Gasteiger partial charge >= 0.3 is 12.1 Å². The first-order valence-corrected chi connectivity index (χ1v) is 12.6. The smallest absolute Gasteiger partial charge is 0.407 e. The van der Waals surface area contributed by atoms with E-state index in [1.807, 2.05) is 24.3 Å². The number of alkyl carbamates (subject to hydrolysis) is 1. The second-order valence-corrected chi connectivity index (χ2v) is 10.6. The summed E-state index contributed by atoms with van der Waals surface area (Å²) in [5.74, 6) is -0.972. The van der Waals surface area contributed by atoms with Crippen molar-refractivity contribution < 1.29 is 24.2 Å². The van der Waals surface area contributed by atoms with Crippen LogP contribution in [0.2, 0.25) is 0 Å². The highest BCUT2D eigenvalue weighted by molar-refractivity contribution is 5.83. The number of benzene rings is 2. The van der Waals surface area contributed by atoms with E-state index >= 15 is 0 Å². The number of carboxylic acids is 1. The van der Waals surface area contributed by atoms with Crippen molar-refractivity contribution in [3.8, 4) is 11.1 Å². The summed E-state index contributed by atoms with van der Waals surface area (Å²) in [4.78, 5) is 37.1. The van der Waals surface area contributed by atoms with E-state index in [1.54, 1.807) is 0 Å². The van der Waals surface area contributed by atoms with Crippen molar-refractivity contribution in [3.63, 3.8) is 0 Å². The van der Waals surface area contributed by atoms with Gasteiger partial charge in [0.15, 0.2) is 0 Å². The minimum absolute atomic E-state index is 0.00641. The van der Waals surface area contributed by atoms with E-state index in [-0.39, 0.29) is 54.2 Å². The lowest BCUT2D eigenvalue weighted by molar-refractivity contribution is -0.146. The molecule has 0 radical (unpaired) electrons. The van der Waals surface area contributed by atoms with Crippen molar-refractivity contribution in [2.45, 2.75) is 50.1 Å². The number of aliphatic carboxylic acids is 1. The number of fused-ring (bicyclic) bond motifs is 5. The van der Waals surface area contributed by atoms with Gasteiger partial charge in [-0.1, -0.05) is 48.5 Å². The third-order valence-electron chi connectivity index (χ3n) is 8.68. The summed E-state index contributed by atoms with van der Waals surface area (Å²) < 4.78 is 5.74. The summed E-state index contributed by atoms with van der Waals surface area (Å²) >= 11 is 0. The number of ether oxygens (including phenoxy) is 1. The first-order valence-electron chi connectivity index (χ1n) is 12.6. The lowest BCUT2D eigenvalue weighted by Crippen LogP contribution is -2.54. The summed E-state index contributed by atoms with van der Waals surface area (Å²) in [7, 11) is 0. The van der Waals surface area contributed by atoms with Crippen LogP contribution in [-0.2, 0) is 14.3 Å². The zero-order valence-electron chi connectivity index (χ0n) is 19.5. The average molecular weight is 475 g/mol. The van der Waals surface area contributed by atoms with Gasteiger partial charge in [-0.25, -0.2) is 4.79 Å². The SMILES string of the molecule is O=C(NC1C2CCC(C2)C1C(=O)NC1CC(C(=O)O)C1)OCC1c2ccccc2-c2ccccc21. The molecule has 4 atom stereocenters. The van der Waals surface area contributed by atoms with Crippen molar-refractivity contribution in [3.05, 3.63) is 59.7 Å². The third-order valence-corrected chi connectivity index (χ3v) is 8.68. The zero-order chi connectivity index (χ0) is 24.1. The molecule has 2 aromatic rings. The molecule has 0 aromatic heterocycles. The van der Waals surface area contributed by atoms with Gasteiger partial charge in [-0.05, 0) is 66.2 Å². The Kier molecular flexibility index (Phi) is 5.50. The Labute approximate surface area is 204 Å². The Morgan fingerprint density at radius 1 is 0.857 bits per heavy atom. The molecule has 3 saturated carbocycles. The maximum Gasteiger partial charge on any atom is 0.407 e. The van der Waals surface area contributed by atoms with Crippen LogP contribution in [0.3, 0.4) is 0 Å². The normalized spacial score (nSPS) is 30.2. The summed E-state index contributed by atoms with van der Waals surface area (Å²) in [5, 5.41) is 15.2. The highest BCUT2D eigenvalue weighted by Gasteiger charge is 2.52. The summed E-state index contributed by atoms with van der Waals surface area (Å²) in [6, 6.07) is 16.1. The maximum atomic E-state index is 13.1. The Balaban J connectivity index is 1.09. The number of nitrogens with one attached hydrogen (secondary N) is 2. The van der Waals surface area contributed by atoms with Gasteiger partial charge in [0.2, 0.25) is 5.91 Å². The summed E-state index contributed by atoms with van der Waals surface area (Å²) in [5.41, 5.74) is 4.70. The van der Waals surface area contributed by atoms with E-state index in [2.05, 4.69) is 34.9 Å². The molecule has 35 heavy (non-hydrogen) atoms. The zero-order valence-corrected chi connectivity index (χ0v) is 19.5. The van der Waals surface area contributed by atoms with Crippen molar-refractivity contribution >= 4 is 18.0 Å². The molecule has 3 N–H and O–H groups in total. The first kappa shape index (κ1) is 22.1. The number of rotatable bonds is 6. The Bertz CT molecular complexity index is 1130. The topological polar surface area (TPSA) is 105 Å². The Hall–Kier alpha value is -3.35. The molecule has 4 unspecified atom stereocenters. The van der Waals surface area contributed by atoms with Crippen LogP contribution in [-0.4, -0.2) is 41.8 Å². The van der Waals surface area contributed by atoms with Crippen LogP contribution in [0, 0.1) is 23.7 Å². The fourth-order valence-electron chi connectivity index (χ4n) is 6.89. The molecule has 2 amide bonds. The first-order chi connectivity index (χ1) is 17.0. The predicted octanol–water partition coefficient (Wildman–Crippen LogP) is 3.92. The minimum atomic E-state index is -0.801. The number of hydrogen-bond donors (Lipinski definition) is 3. The quantitative estimate of drug-likeness (QED) is 0.589. The predicted molar refractivity (Wildman–Crippen MR) is 129 cm³/mol. The monoisotopic (exact) mass is 474 g/mol. The molecule has 0 spiro atoms. The van der Waals surface area contributed by atoms with Crippen LogP contribution in [0.15, 0.2) is 48.5 Å². The highest BCUT2D eigenvalue weighted by Crippen LogP contribution is 2.49. The molecule has 7 nitrogen and oxygen atoms in total. The highest BCUT2D eigenvalue weighted by atomic mass is 16.5. The molecule has 2 bridgehead atoms. The van der Waals surface area contributed by atoms with Crippen molar-refractivity contribution in [2.24, 2.45) is 23.7 Å². The second-order valence-electron chi connectivity index (χ2n) is 10.6. The van der Waals surface area contributed by atoms with E-state index in [4.69, 9.17) is 9.84 Å². The lowest BCUT2D eigenvalue weighted by atomic mass is 9.79. The van der Waals surface area contributed by atoms with Crippen molar-refractivity contribution in [2.75, 3.05) is 6.61 Å². The molecule has 4 aliphatic carbocycles. The molecule has 182 valence electrons. The summed E-state index contributed by atoms with van der Waals surface area (Å²) in [6.07, 6.45) is 3.42. The molecular weight excluding hydrogens is 444 g/mol. The van der Waals surface area contributed by atoms with Crippen molar-refractivity contribution in [1.29, 1.82) is 0 Å². The largest absolute Gasteiger partial charge is 0.481 e. The third kappa shape index (κ3) is 3.87. The molecular formula is C28H30N2O5. The molecule has 0 saturated heterocycles.